The van der Waals surface area contributed by atoms with Crippen LogP contribution in [0.25, 0.3) is 11.1 Å². The molecule has 0 fully saturated rings. The van der Waals surface area contributed by atoms with E-state index in [1.165, 1.54) is 19.2 Å². The monoisotopic (exact) mass is 467 g/mol. The van der Waals surface area contributed by atoms with Gasteiger partial charge in [0.25, 0.3) is 0 Å². The summed E-state index contributed by atoms with van der Waals surface area (Å²) < 4.78 is 30.7. The Morgan fingerprint density at radius 2 is 1.82 bits per heavy atom. The summed E-state index contributed by atoms with van der Waals surface area (Å²) in [5, 5.41) is 12.4. The van der Waals surface area contributed by atoms with E-state index in [9.17, 15) is 9.18 Å². The van der Waals surface area contributed by atoms with Gasteiger partial charge in [-0.1, -0.05) is 18.2 Å². The van der Waals surface area contributed by atoms with E-state index in [4.69, 9.17) is 19.3 Å². The van der Waals surface area contributed by atoms with E-state index < -0.39 is 11.8 Å². The Labute approximate surface area is 199 Å². The molecule has 3 aromatic carbocycles. The standard InChI is InChI=1S/C27H30FNO5/c1-18(19-5-4-6-24(15-19)32-2)29-11-12-34-25-16-22(14-23(28)17-25)20-7-9-26(33-3)21(13-20)8-10-27(30)31/h4-7,9,13-18,29H,8,10-12H2,1-3H3,(H,30,31). The van der Waals surface area contributed by atoms with Gasteiger partial charge in [0.15, 0.2) is 0 Å². The molecular formula is C27H30FNO5. The van der Waals surface area contributed by atoms with Crippen molar-refractivity contribution in [3.63, 3.8) is 0 Å². The summed E-state index contributed by atoms with van der Waals surface area (Å²) in [5.41, 5.74) is 3.26. The van der Waals surface area contributed by atoms with Crippen molar-refractivity contribution in [2.24, 2.45) is 0 Å². The number of carboxylic acids is 1. The second-order valence-corrected chi connectivity index (χ2v) is 7.90. The third-order valence-electron chi connectivity index (χ3n) is 5.51. The summed E-state index contributed by atoms with van der Waals surface area (Å²) in [5.74, 6) is 0.540. The molecule has 0 saturated heterocycles. The highest BCUT2D eigenvalue weighted by molar-refractivity contribution is 5.69. The maximum absolute atomic E-state index is 14.3. The second-order valence-electron chi connectivity index (χ2n) is 7.90. The SMILES string of the molecule is COc1cccc(C(C)NCCOc2cc(F)cc(-c3ccc(OC)c(CCC(=O)O)c3)c2)c1. The molecule has 3 aromatic rings. The summed E-state index contributed by atoms with van der Waals surface area (Å²) in [4.78, 5) is 11.0. The molecule has 0 aromatic heterocycles. The van der Waals surface area contributed by atoms with Crippen LogP contribution < -0.4 is 19.5 Å². The molecule has 0 amide bonds. The summed E-state index contributed by atoms with van der Waals surface area (Å²) in [6, 6.07) is 17.9. The molecule has 0 bridgehead atoms. The minimum Gasteiger partial charge on any atom is -0.497 e. The number of hydrogen-bond donors (Lipinski definition) is 2. The number of halogens is 1. The van der Waals surface area contributed by atoms with Crippen molar-refractivity contribution in [1.82, 2.24) is 5.32 Å². The molecule has 0 heterocycles. The molecule has 1 atom stereocenters. The molecular weight excluding hydrogens is 437 g/mol. The first-order valence-electron chi connectivity index (χ1n) is 11.1. The van der Waals surface area contributed by atoms with E-state index in [1.807, 2.05) is 36.4 Å². The first kappa shape index (κ1) is 25.1. The molecule has 1 unspecified atom stereocenters. The Kier molecular flexibility index (Phi) is 8.87. The van der Waals surface area contributed by atoms with E-state index in [2.05, 4.69) is 12.2 Å². The third kappa shape index (κ3) is 6.96. The largest absolute Gasteiger partial charge is 0.497 e. The molecule has 0 spiro atoms. The predicted octanol–water partition coefficient (Wildman–Crippen LogP) is 5.26. The first-order valence-corrected chi connectivity index (χ1v) is 11.1. The van der Waals surface area contributed by atoms with Crippen molar-refractivity contribution < 1.29 is 28.5 Å². The lowest BCUT2D eigenvalue weighted by Gasteiger charge is -2.16. The summed E-state index contributed by atoms with van der Waals surface area (Å²) in [6.07, 6.45) is 0.306. The summed E-state index contributed by atoms with van der Waals surface area (Å²) in [7, 11) is 3.18. The molecule has 7 heteroatoms. The van der Waals surface area contributed by atoms with Gasteiger partial charge in [-0.25, -0.2) is 4.39 Å². The van der Waals surface area contributed by atoms with Crippen LogP contribution in [0.1, 0.15) is 30.5 Å². The van der Waals surface area contributed by atoms with Crippen molar-refractivity contribution in [1.29, 1.82) is 0 Å². The smallest absolute Gasteiger partial charge is 0.303 e. The number of carboxylic acid groups (broad SMARTS) is 1. The van der Waals surface area contributed by atoms with Gasteiger partial charge in [-0.3, -0.25) is 4.79 Å². The Morgan fingerprint density at radius 3 is 2.56 bits per heavy atom. The minimum absolute atomic E-state index is 0.0154. The molecule has 0 radical (unpaired) electrons. The van der Waals surface area contributed by atoms with E-state index in [0.29, 0.717) is 36.6 Å². The molecule has 34 heavy (non-hydrogen) atoms. The fourth-order valence-electron chi connectivity index (χ4n) is 3.68. The second kappa shape index (κ2) is 12.0. The lowest BCUT2D eigenvalue weighted by molar-refractivity contribution is -0.136. The topological polar surface area (TPSA) is 77.0 Å². The zero-order valence-electron chi connectivity index (χ0n) is 19.6. The Hall–Kier alpha value is -3.58. The first-order chi connectivity index (χ1) is 16.4. The fraction of sp³-hybridized carbons (Fsp3) is 0.296. The normalized spacial score (nSPS) is 11.6. The Bertz CT molecular complexity index is 1120. The lowest BCUT2D eigenvalue weighted by atomic mass is 9.99. The quantitative estimate of drug-likeness (QED) is 0.354. The van der Waals surface area contributed by atoms with Crippen LogP contribution in [0.4, 0.5) is 4.39 Å². The highest BCUT2D eigenvalue weighted by Gasteiger charge is 2.11. The average molecular weight is 468 g/mol. The number of aryl methyl sites for hydroxylation is 1. The van der Waals surface area contributed by atoms with Gasteiger partial charge in [0, 0.05) is 25.1 Å². The molecule has 2 N–H and O–H groups in total. The molecule has 0 saturated carbocycles. The fourth-order valence-corrected chi connectivity index (χ4v) is 3.68. The van der Waals surface area contributed by atoms with Crippen LogP contribution >= 0.6 is 0 Å². The number of benzene rings is 3. The number of rotatable bonds is 12. The number of hydrogen-bond acceptors (Lipinski definition) is 5. The van der Waals surface area contributed by atoms with E-state index >= 15 is 0 Å². The number of ether oxygens (including phenoxy) is 3. The van der Waals surface area contributed by atoms with Crippen LogP contribution in [-0.4, -0.2) is 38.4 Å². The molecule has 0 aliphatic heterocycles. The number of carbonyl (C=O) groups is 1. The Balaban J connectivity index is 1.64. The lowest BCUT2D eigenvalue weighted by Crippen LogP contribution is -2.24. The van der Waals surface area contributed by atoms with Crippen molar-refractivity contribution in [2.75, 3.05) is 27.4 Å². The van der Waals surface area contributed by atoms with Crippen LogP contribution in [0.5, 0.6) is 17.2 Å². The predicted molar refractivity (Wildman–Crippen MR) is 129 cm³/mol. The van der Waals surface area contributed by atoms with Crippen molar-refractivity contribution in [2.45, 2.75) is 25.8 Å². The number of nitrogens with one attached hydrogen (secondary N) is 1. The van der Waals surface area contributed by atoms with Crippen molar-refractivity contribution in [3.05, 3.63) is 77.6 Å². The average Bonchev–Trinajstić information content (AvgIpc) is 2.84. The van der Waals surface area contributed by atoms with E-state index in [-0.39, 0.29) is 12.5 Å². The van der Waals surface area contributed by atoms with Gasteiger partial charge in [-0.2, -0.15) is 0 Å². The molecule has 6 nitrogen and oxygen atoms in total. The summed E-state index contributed by atoms with van der Waals surface area (Å²) >= 11 is 0. The molecule has 0 aliphatic carbocycles. The number of methoxy groups -OCH3 is 2. The van der Waals surface area contributed by atoms with Gasteiger partial charge >= 0.3 is 5.97 Å². The maximum atomic E-state index is 14.3. The van der Waals surface area contributed by atoms with Crippen molar-refractivity contribution >= 4 is 5.97 Å². The molecule has 180 valence electrons. The van der Waals surface area contributed by atoms with Crippen molar-refractivity contribution in [3.8, 4) is 28.4 Å². The molecule has 3 rings (SSSR count). The van der Waals surface area contributed by atoms with Gasteiger partial charge in [0.1, 0.15) is 29.7 Å². The van der Waals surface area contributed by atoms with Crippen LogP contribution in [0.2, 0.25) is 0 Å². The van der Waals surface area contributed by atoms with Gasteiger partial charge in [-0.05, 0) is 72.0 Å². The minimum atomic E-state index is -0.886. The number of aliphatic carboxylic acids is 1. The van der Waals surface area contributed by atoms with E-state index in [1.54, 1.807) is 19.2 Å². The van der Waals surface area contributed by atoms with Crippen LogP contribution in [-0.2, 0) is 11.2 Å². The Morgan fingerprint density at radius 1 is 1.00 bits per heavy atom. The van der Waals surface area contributed by atoms with Crippen LogP contribution in [0.3, 0.4) is 0 Å². The highest BCUT2D eigenvalue weighted by atomic mass is 19.1. The van der Waals surface area contributed by atoms with Gasteiger partial charge in [0.2, 0.25) is 0 Å². The van der Waals surface area contributed by atoms with E-state index in [0.717, 1.165) is 22.4 Å². The summed E-state index contributed by atoms with van der Waals surface area (Å²) in [6.45, 7) is 3.00. The van der Waals surface area contributed by atoms with Crippen LogP contribution in [0, 0.1) is 5.82 Å². The van der Waals surface area contributed by atoms with Gasteiger partial charge in [0.05, 0.1) is 14.2 Å². The zero-order valence-corrected chi connectivity index (χ0v) is 19.6. The zero-order chi connectivity index (χ0) is 24.5. The van der Waals surface area contributed by atoms with Crippen LogP contribution in [0.15, 0.2) is 60.7 Å². The third-order valence-corrected chi connectivity index (χ3v) is 5.51. The van der Waals surface area contributed by atoms with Gasteiger partial charge in [-0.15, -0.1) is 0 Å². The maximum Gasteiger partial charge on any atom is 0.303 e. The van der Waals surface area contributed by atoms with Gasteiger partial charge < -0.3 is 24.6 Å². The molecule has 0 aliphatic rings. The highest BCUT2D eigenvalue weighted by Crippen LogP contribution is 2.30.